The summed E-state index contributed by atoms with van der Waals surface area (Å²) in [7, 11) is -0.503. The van der Waals surface area contributed by atoms with Gasteiger partial charge >= 0.3 is 0 Å². The van der Waals surface area contributed by atoms with Crippen LogP contribution in [-0.2, 0) is 16.4 Å². The Balaban J connectivity index is 1.77. The molecule has 1 N–H and O–H groups in total. The fourth-order valence-electron chi connectivity index (χ4n) is 3.14. The molecular weight excluding hydrogens is 345 g/mol. The largest absolute Gasteiger partial charge is 0.493 e. The number of sulfonamides is 1. The number of hydrogen-bond donors (Lipinski definition) is 1. The molecule has 3 rings (SSSR count). The number of fused-ring (bicyclic) bond motifs is 1. The summed E-state index contributed by atoms with van der Waals surface area (Å²) in [5, 5.41) is 0. The van der Waals surface area contributed by atoms with Gasteiger partial charge in [0, 0.05) is 6.54 Å². The molecule has 0 fully saturated rings. The zero-order valence-corrected chi connectivity index (χ0v) is 14.9. The van der Waals surface area contributed by atoms with E-state index >= 15 is 0 Å². The van der Waals surface area contributed by atoms with Gasteiger partial charge in [0.2, 0.25) is 10.0 Å². The molecule has 0 bridgehead atoms. The smallest absolute Gasteiger partial charge is 0.240 e. The van der Waals surface area contributed by atoms with Crippen molar-refractivity contribution in [2.24, 2.45) is 0 Å². The maximum Gasteiger partial charge on any atom is 0.240 e. The maximum atomic E-state index is 13.0. The number of hydrogen-bond acceptors (Lipinski definition) is 4. The molecule has 0 amide bonds. The Kier molecular flexibility index (Phi) is 4.96. The van der Waals surface area contributed by atoms with Crippen molar-refractivity contribution in [1.82, 2.24) is 4.72 Å². The standard InChI is InChI=1S/C18H20FNO4S/c1-23-17-9-12-3-4-13(16(12)10-18(17)24-2)11-20-25(21,22)15-7-5-14(19)6-8-15/h5-10,13,20H,3-4,11H2,1-2H3. The lowest BCUT2D eigenvalue weighted by atomic mass is 10.0. The van der Waals surface area contributed by atoms with E-state index in [2.05, 4.69) is 4.72 Å². The summed E-state index contributed by atoms with van der Waals surface area (Å²) in [5.74, 6) is 0.901. The molecular formula is C18H20FNO4S. The lowest BCUT2D eigenvalue weighted by Gasteiger charge is -2.15. The van der Waals surface area contributed by atoms with E-state index in [-0.39, 0.29) is 17.4 Å². The molecule has 25 heavy (non-hydrogen) atoms. The number of benzene rings is 2. The predicted molar refractivity (Wildman–Crippen MR) is 92.2 cm³/mol. The van der Waals surface area contributed by atoms with Gasteiger partial charge in [0.1, 0.15) is 5.82 Å². The van der Waals surface area contributed by atoms with Gasteiger partial charge in [0.25, 0.3) is 0 Å². The van der Waals surface area contributed by atoms with Gasteiger partial charge in [0.15, 0.2) is 11.5 Å². The summed E-state index contributed by atoms with van der Waals surface area (Å²) in [6, 6.07) is 8.65. The molecule has 5 nitrogen and oxygen atoms in total. The normalized spacial score (nSPS) is 16.5. The Labute approximate surface area is 146 Å². The third-order valence-corrected chi connectivity index (χ3v) is 5.93. The fourth-order valence-corrected chi connectivity index (χ4v) is 4.22. The number of aryl methyl sites for hydroxylation is 1. The molecule has 0 radical (unpaired) electrons. The Morgan fingerprint density at radius 2 is 1.76 bits per heavy atom. The van der Waals surface area contributed by atoms with Gasteiger partial charge in [0.05, 0.1) is 19.1 Å². The van der Waals surface area contributed by atoms with Crippen LogP contribution in [0.15, 0.2) is 41.3 Å². The molecule has 1 atom stereocenters. The number of rotatable bonds is 6. The van der Waals surface area contributed by atoms with Crippen molar-refractivity contribution in [3.63, 3.8) is 0 Å². The molecule has 1 aliphatic rings. The quantitative estimate of drug-likeness (QED) is 0.855. The third kappa shape index (κ3) is 3.62. The third-order valence-electron chi connectivity index (χ3n) is 4.49. The van der Waals surface area contributed by atoms with Crippen LogP contribution in [0.3, 0.4) is 0 Å². The van der Waals surface area contributed by atoms with E-state index in [1.54, 1.807) is 14.2 Å². The van der Waals surface area contributed by atoms with E-state index in [1.807, 2.05) is 12.1 Å². The minimum absolute atomic E-state index is 0.0550. The van der Waals surface area contributed by atoms with Crippen LogP contribution in [0.4, 0.5) is 4.39 Å². The first kappa shape index (κ1) is 17.7. The van der Waals surface area contributed by atoms with E-state index in [0.29, 0.717) is 11.5 Å². The van der Waals surface area contributed by atoms with Gasteiger partial charge in [-0.1, -0.05) is 0 Å². The second-order valence-corrected chi connectivity index (χ2v) is 7.71. The van der Waals surface area contributed by atoms with E-state index < -0.39 is 15.8 Å². The minimum atomic E-state index is -3.67. The average Bonchev–Trinajstić information content (AvgIpc) is 3.01. The van der Waals surface area contributed by atoms with Crippen molar-refractivity contribution in [3.05, 3.63) is 53.3 Å². The Morgan fingerprint density at radius 3 is 2.40 bits per heavy atom. The zero-order chi connectivity index (χ0) is 18.0. The SMILES string of the molecule is COc1cc2c(cc1OC)C(CNS(=O)(=O)c1ccc(F)cc1)CC2. The highest BCUT2D eigenvalue weighted by molar-refractivity contribution is 7.89. The summed E-state index contributed by atoms with van der Waals surface area (Å²) < 4.78 is 51.0. The van der Waals surface area contributed by atoms with Crippen LogP contribution in [-0.4, -0.2) is 29.2 Å². The van der Waals surface area contributed by atoms with Crippen molar-refractivity contribution >= 4 is 10.0 Å². The van der Waals surface area contributed by atoms with Gasteiger partial charge < -0.3 is 9.47 Å². The highest BCUT2D eigenvalue weighted by atomic mass is 32.2. The van der Waals surface area contributed by atoms with Crippen LogP contribution < -0.4 is 14.2 Å². The van der Waals surface area contributed by atoms with Gasteiger partial charge in [-0.3, -0.25) is 0 Å². The van der Waals surface area contributed by atoms with E-state index in [1.165, 1.54) is 12.1 Å². The first-order valence-corrected chi connectivity index (χ1v) is 9.43. The number of nitrogens with one attached hydrogen (secondary N) is 1. The molecule has 2 aromatic carbocycles. The van der Waals surface area contributed by atoms with Crippen LogP contribution in [0.2, 0.25) is 0 Å². The number of halogens is 1. The summed E-state index contributed by atoms with van der Waals surface area (Å²) >= 11 is 0. The highest BCUT2D eigenvalue weighted by Gasteiger charge is 2.26. The lowest BCUT2D eigenvalue weighted by Crippen LogP contribution is -2.28. The second-order valence-electron chi connectivity index (χ2n) is 5.95. The van der Waals surface area contributed by atoms with Crippen molar-refractivity contribution < 1.29 is 22.3 Å². The first-order valence-electron chi connectivity index (χ1n) is 7.94. The second kappa shape index (κ2) is 7.01. The van der Waals surface area contributed by atoms with Gasteiger partial charge in [-0.2, -0.15) is 0 Å². The molecule has 2 aromatic rings. The number of methoxy groups -OCH3 is 2. The monoisotopic (exact) mass is 365 g/mol. The van der Waals surface area contributed by atoms with Gasteiger partial charge in [-0.15, -0.1) is 0 Å². The Morgan fingerprint density at radius 1 is 1.12 bits per heavy atom. The molecule has 134 valence electrons. The van der Waals surface area contributed by atoms with Crippen LogP contribution in [0.25, 0.3) is 0 Å². The Bertz CT molecular complexity index is 865. The van der Waals surface area contributed by atoms with Crippen LogP contribution in [0.5, 0.6) is 11.5 Å². The topological polar surface area (TPSA) is 64.6 Å². The highest BCUT2D eigenvalue weighted by Crippen LogP contribution is 2.40. The molecule has 1 aliphatic carbocycles. The van der Waals surface area contributed by atoms with Crippen molar-refractivity contribution in [2.45, 2.75) is 23.7 Å². The van der Waals surface area contributed by atoms with Crippen molar-refractivity contribution in [3.8, 4) is 11.5 Å². The summed E-state index contributed by atoms with van der Waals surface area (Å²) in [6.45, 7) is 0.280. The summed E-state index contributed by atoms with van der Waals surface area (Å²) in [4.78, 5) is 0.0550. The van der Waals surface area contributed by atoms with Crippen LogP contribution >= 0.6 is 0 Å². The summed E-state index contributed by atoms with van der Waals surface area (Å²) in [6.07, 6.45) is 1.70. The van der Waals surface area contributed by atoms with Crippen molar-refractivity contribution in [1.29, 1.82) is 0 Å². The van der Waals surface area contributed by atoms with E-state index in [9.17, 15) is 12.8 Å². The molecule has 0 aromatic heterocycles. The molecule has 0 spiro atoms. The predicted octanol–water partition coefficient (Wildman–Crippen LogP) is 2.85. The van der Waals surface area contributed by atoms with E-state index in [0.717, 1.165) is 36.1 Å². The molecule has 0 aliphatic heterocycles. The van der Waals surface area contributed by atoms with Crippen molar-refractivity contribution in [2.75, 3.05) is 20.8 Å². The Hall–Kier alpha value is -2.12. The average molecular weight is 365 g/mol. The molecule has 0 saturated heterocycles. The summed E-state index contributed by atoms with van der Waals surface area (Å²) in [5.41, 5.74) is 2.21. The minimum Gasteiger partial charge on any atom is -0.493 e. The zero-order valence-electron chi connectivity index (χ0n) is 14.1. The lowest BCUT2D eigenvalue weighted by molar-refractivity contribution is 0.354. The fraction of sp³-hybridized carbons (Fsp3) is 0.333. The van der Waals surface area contributed by atoms with Gasteiger partial charge in [-0.05, 0) is 66.3 Å². The van der Waals surface area contributed by atoms with E-state index in [4.69, 9.17) is 9.47 Å². The molecule has 0 saturated carbocycles. The van der Waals surface area contributed by atoms with Crippen LogP contribution in [0.1, 0.15) is 23.5 Å². The number of ether oxygens (including phenoxy) is 2. The van der Waals surface area contributed by atoms with Gasteiger partial charge in [-0.25, -0.2) is 17.5 Å². The molecule has 1 unspecified atom stereocenters. The van der Waals surface area contributed by atoms with Crippen LogP contribution in [0, 0.1) is 5.82 Å². The first-order chi connectivity index (χ1) is 11.9. The maximum absolute atomic E-state index is 13.0. The molecule has 0 heterocycles. The molecule has 7 heteroatoms.